The first-order valence-corrected chi connectivity index (χ1v) is 9.81. The largest absolute Gasteiger partial charge is 0.411 e. The Morgan fingerprint density at radius 2 is 1.89 bits per heavy atom. The third-order valence-electron chi connectivity index (χ3n) is 3.20. The number of benzene rings is 2. The molecule has 0 radical (unpaired) electrons. The molecule has 0 fully saturated rings. The number of rotatable bonds is 7. The van der Waals surface area contributed by atoms with Gasteiger partial charge in [0.1, 0.15) is 0 Å². The lowest BCUT2D eigenvalue weighted by Crippen LogP contribution is -2.14. The number of hydrogen-bond acceptors (Lipinski definition) is 6. The molecule has 0 bridgehead atoms. The SMILES string of the molecule is O=C(CSc1nnc(-c2ccc(Cl)cc2)o1)Nc1ccccc1SC(F)F. The summed E-state index contributed by atoms with van der Waals surface area (Å²) in [6.45, 7) is 0. The Morgan fingerprint density at radius 1 is 1.15 bits per heavy atom. The smallest absolute Gasteiger partial charge is 0.288 e. The first-order chi connectivity index (χ1) is 13.0. The molecular formula is C17H12ClF2N3O2S2. The third kappa shape index (κ3) is 5.69. The molecule has 3 aromatic rings. The fourth-order valence-electron chi connectivity index (χ4n) is 2.06. The molecule has 1 heterocycles. The Kier molecular flexibility index (Phi) is 6.70. The standard InChI is InChI=1S/C17H12ClF2N3O2S2/c18-11-7-5-10(6-8-11)15-22-23-17(25-15)26-9-14(24)21-12-3-1-2-4-13(12)27-16(19)20/h1-8,16H,9H2,(H,21,24). The summed E-state index contributed by atoms with van der Waals surface area (Å²) < 4.78 is 30.7. The Morgan fingerprint density at radius 3 is 2.63 bits per heavy atom. The summed E-state index contributed by atoms with van der Waals surface area (Å²) >= 11 is 7.27. The molecule has 1 aromatic heterocycles. The van der Waals surface area contributed by atoms with Crippen LogP contribution in [0.1, 0.15) is 0 Å². The Balaban J connectivity index is 1.58. The van der Waals surface area contributed by atoms with Gasteiger partial charge in [0.25, 0.3) is 11.0 Å². The molecule has 3 rings (SSSR count). The summed E-state index contributed by atoms with van der Waals surface area (Å²) in [5.41, 5.74) is 1.04. The molecule has 10 heteroatoms. The molecule has 5 nitrogen and oxygen atoms in total. The van der Waals surface area contributed by atoms with E-state index in [1.807, 2.05) is 0 Å². The minimum absolute atomic E-state index is 0.00404. The highest BCUT2D eigenvalue weighted by atomic mass is 35.5. The molecule has 0 saturated heterocycles. The molecule has 0 aliphatic rings. The molecule has 1 amide bonds. The maximum Gasteiger partial charge on any atom is 0.288 e. The van der Waals surface area contributed by atoms with Crippen LogP contribution in [0.5, 0.6) is 0 Å². The predicted octanol–water partition coefficient (Wildman–Crippen LogP) is 5.44. The molecule has 2 aromatic carbocycles. The molecule has 1 N–H and O–H groups in total. The second kappa shape index (κ2) is 9.20. The number of thioether (sulfide) groups is 2. The van der Waals surface area contributed by atoms with Gasteiger partial charge < -0.3 is 9.73 Å². The minimum Gasteiger partial charge on any atom is -0.411 e. The molecule has 0 aliphatic heterocycles. The van der Waals surface area contributed by atoms with Gasteiger partial charge in [0.2, 0.25) is 11.8 Å². The van der Waals surface area contributed by atoms with E-state index < -0.39 is 5.76 Å². The van der Waals surface area contributed by atoms with Gasteiger partial charge in [-0.15, -0.1) is 10.2 Å². The van der Waals surface area contributed by atoms with Crippen molar-refractivity contribution in [2.45, 2.75) is 15.9 Å². The summed E-state index contributed by atoms with van der Waals surface area (Å²) in [6, 6.07) is 13.3. The molecular weight excluding hydrogens is 416 g/mol. The van der Waals surface area contributed by atoms with E-state index in [4.69, 9.17) is 16.0 Å². The summed E-state index contributed by atoms with van der Waals surface area (Å²) in [6.07, 6.45) is 0. The molecule has 0 atom stereocenters. The number of carbonyl (C=O) groups is 1. The van der Waals surface area contributed by atoms with Gasteiger partial charge in [-0.1, -0.05) is 47.3 Å². The van der Waals surface area contributed by atoms with Crippen LogP contribution in [-0.2, 0) is 4.79 Å². The first kappa shape index (κ1) is 19.7. The van der Waals surface area contributed by atoms with E-state index in [9.17, 15) is 13.6 Å². The highest BCUT2D eigenvalue weighted by Crippen LogP contribution is 2.32. The number of amides is 1. The quantitative estimate of drug-likeness (QED) is 0.507. The topological polar surface area (TPSA) is 68.0 Å². The van der Waals surface area contributed by atoms with Gasteiger partial charge in [-0.05, 0) is 36.4 Å². The van der Waals surface area contributed by atoms with Crippen molar-refractivity contribution in [1.29, 1.82) is 0 Å². The number of aromatic nitrogens is 2. The zero-order chi connectivity index (χ0) is 19.2. The van der Waals surface area contributed by atoms with Crippen LogP contribution in [0, 0.1) is 0 Å². The highest BCUT2D eigenvalue weighted by Gasteiger charge is 2.14. The molecule has 140 valence electrons. The average Bonchev–Trinajstić information content (AvgIpc) is 3.11. The molecule has 0 unspecified atom stereocenters. The number of halogens is 3. The Labute approximate surface area is 166 Å². The molecule has 0 saturated carbocycles. The fraction of sp³-hybridized carbons (Fsp3) is 0.118. The van der Waals surface area contributed by atoms with E-state index in [0.29, 0.717) is 38.8 Å². The lowest BCUT2D eigenvalue weighted by Gasteiger charge is -2.09. The van der Waals surface area contributed by atoms with Crippen molar-refractivity contribution in [2.24, 2.45) is 0 Å². The Bertz CT molecular complexity index is 923. The normalized spacial score (nSPS) is 11.0. The van der Waals surface area contributed by atoms with Crippen molar-refractivity contribution in [3.05, 3.63) is 53.6 Å². The molecule has 0 spiro atoms. The van der Waals surface area contributed by atoms with E-state index >= 15 is 0 Å². The summed E-state index contributed by atoms with van der Waals surface area (Å²) in [5, 5.41) is 11.2. The Hall–Kier alpha value is -2.10. The van der Waals surface area contributed by atoms with Crippen molar-refractivity contribution in [3.63, 3.8) is 0 Å². The maximum atomic E-state index is 12.6. The zero-order valence-electron chi connectivity index (χ0n) is 13.6. The van der Waals surface area contributed by atoms with E-state index in [0.717, 1.165) is 11.8 Å². The summed E-state index contributed by atoms with van der Waals surface area (Å²) in [7, 11) is 0. The van der Waals surface area contributed by atoms with Gasteiger partial charge in [-0.2, -0.15) is 8.78 Å². The first-order valence-electron chi connectivity index (χ1n) is 7.57. The van der Waals surface area contributed by atoms with Crippen molar-refractivity contribution in [3.8, 4) is 11.5 Å². The van der Waals surface area contributed by atoms with E-state index in [-0.39, 0.29) is 16.9 Å². The number of nitrogens with one attached hydrogen (secondary N) is 1. The van der Waals surface area contributed by atoms with Gasteiger partial charge in [0.15, 0.2) is 0 Å². The van der Waals surface area contributed by atoms with Gasteiger partial charge in [0.05, 0.1) is 11.4 Å². The third-order valence-corrected chi connectivity index (χ3v) is 5.06. The highest BCUT2D eigenvalue weighted by molar-refractivity contribution is 8.00. The van der Waals surface area contributed by atoms with Crippen molar-refractivity contribution in [2.75, 3.05) is 11.1 Å². The number of para-hydroxylation sites is 1. The number of hydrogen-bond donors (Lipinski definition) is 1. The van der Waals surface area contributed by atoms with E-state index in [1.54, 1.807) is 42.5 Å². The predicted molar refractivity (Wildman–Crippen MR) is 102 cm³/mol. The molecule has 0 aliphatic carbocycles. The van der Waals surface area contributed by atoms with Crippen LogP contribution in [0.2, 0.25) is 5.02 Å². The second-order valence-electron chi connectivity index (χ2n) is 5.09. The number of nitrogens with zero attached hydrogens (tertiary/aromatic N) is 2. The monoisotopic (exact) mass is 427 g/mol. The lowest BCUT2D eigenvalue weighted by molar-refractivity contribution is -0.113. The van der Waals surface area contributed by atoms with Crippen molar-refractivity contribution >= 4 is 46.7 Å². The van der Waals surface area contributed by atoms with Crippen LogP contribution >= 0.6 is 35.1 Å². The van der Waals surface area contributed by atoms with Crippen LogP contribution in [0.4, 0.5) is 14.5 Å². The lowest BCUT2D eigenvalue weighted by atomic mass is 10.2. The van der Waals surface area contributed by atoms with Crippen LogP contribution in [0.25, 0.3) is 11.5 Å². The second-order valence-corrected chi connectivity index (χ2v) is 7.49. The number of carbonyl (C=O) groups excluding carboxylic acids is 1. The fourth-order valence-corrected chi connectivity index (χ4v) is 3.34. The van der Waals surface area contributed by atoms with Gasteiger partial charge in [-0.25, -0.2) is 0 Å². The number of alkyl halides is 2. The van der Waals surface area contributed by atoms with Gasteiger partial charge in [0, 0.05) is 15.5 Å². The van der Waals surface area contributed by atoms with Crippen LogP contribution < -0.4 is 5.32 Å². The van der Waals surface area contributed by atoms with Crippen LogP contribution in [0.3, 0.4) is 0 Å². The van der Waals surface area contributed by atoms with E-state index in [2.05, 4.69) is 15.5 Å². The average molecular weight is 428 g/mol. The van der Waals surface area contributed by atoms with Gasteiger partial charge >= 0.3 is 0 Å². The van der Waals surface area contributed by atoms with Crippen LogP contribution in [-0.4, -0.2) is 27.6 Å². The minimum atomic E-state index is -2.57. The van der Waals surface area contributed by atoms with Gasteiger partial charge in [-0.3, -0.25) is 4.79 Å². The van der Waals surface area contributed by atoms with Crippen molar-refractivity contribution in [1.82, 2.24) is 10.2 Å². The van der Waals surface area contributed by atoms with Crippen LogP contribution in [0.15, 0.2) is 63.1 Å². The van der Waals surface area contributed by atoms with E-state index in [1.165, 1.54) is 6.07 Å². The maximum absolute atomic E-state index is 12.6. The zero-order valence-corrected chi connectivity index (χ0v) is 16.0. The number of anilines is 1. The molecule has 27 heavy (non-hydrogen) atoms. The van der Waals surface area contributed by atoms with Crippen molar-refractivity contribution < 1.29 is 18.0 Å². The summed E-state index contributed by atoms with van der Waals surface area (Å²) in [4.78, 5) is 12.4. The summed E-state index contributed by atoms with van der Waals surface area (Å²) in [5.74, 6) is -2.63.